The lowest BCUT2D eigenvalue weighted by Crippen LogP contribution is -2.26. The van der Waals surface area contributed by atoms with Crippen molar-refractivity contribution in [2.45, 2.75) is 13.3 Å². The molecule has 0 amide bonds. The molecule has 0 bridgehead atoms. The second-order valence-corrected chi connectivity index (χ2v) is 4.34. The number of nitrogens with zero attached hydrogens (tertiary/aromatic N) is 1. The summed E-state index contributed by atoms with van der Waals surface area (Å²) in [7, 11) is -1.88. The predicted octanol–water partition coefficient (Wildman–Crippen LogP) is 0.235. The largest absolute Gasteiger partial charge is 0.748 e. The topological polar surface area (TPSA) is 61.1 Å². The van der Waals surface area contributed by atoms with E-state index in [4.69, 9.17) is 13.0 Å². The first-order valence-corrected chi connectivity index (χ1v) is 5.99. The molecule has 0 spiro atoms. The average Bonchev–Trinajstić information content (AvgIpc) is 2.01. The lowest BCUT2D eigenvalue weighted by molar-refractivity contribution is -0.671. The van der Waals surface area contributed by atoms with Gasteiger partial charge in [0, 0.05) is 17.9 Å². The van der Waals surface area contributed by atoms with Gasteiger partial charge in [0.15, 0.2) is 12.4 Å². The lowest BCUT2D eigenvalue weighted by atomic mass is 10.2. The highest BCUT2D eigenvalue weighted by Crippen LogP contribution is 1.92. The second kappa shape index (κ2) is 5.72. The molecule has 0 radical (unpaired) electrons. The number of pyridine rings is 1. The second-order valence-electron chi connectivity index (χ2n) is 2.94. The molecule has 4 nitrogen and oxygen atoms in total. The van der Waals surface area contributed by atoms with Crippen LogP contribution in [0.25, 0.3) is 0 Å². The van der Waals surface area contributed by atoms with Gasteiger partial charge in [0.05, 0.1) is 10.1 Å². The monoisotopic (exact) mass is 217 g/mol. The van der Waals surface area contributed by atoms with Gasteiger partial charge in [0.2, 0.25) is 0 Å². The number of hydrogen-bond donors (Lipinski definition) is 0. The maximum absolute atomic E-state index is 9.08. The molecule has 0 aliphatic carbocycles. The molecule has 14 heavy (non-hydrogen) atoms. The summed E-state index contributed by atoms with van der Waals surface area (Å²) in [5, 5.41) is 0. The summed E-state index contributed by atoms with van der Waals surface area (Å²) in [6.07, 6.45) is 5.90. The molecule has 0 unspecified atom stereocenters. The van der Waals surface area contributed by atoms with Gasteiger partial charge < -0.3 is 4.55 Å². The van der Waals surface area contributed by atoms with Crippen LogP contribution in [-0.2, 0) is 23.6 Å². The van der Waals surface area contributed by atoms with E-state index in [1.807, 2.05) is 13.2 Å². The Bertz CT molecular complexity index is 365. The molecule has 5 heteroatoms. The molecule has 0 N–H and O–H groups in total. The molecule has 0 atom stereocenters. The van der Waals surface area contributed by atoms with Crippen LogP contribution in [0.4, 0.5) is 0 Å². The quantitative estimate of drug-likeness (QED) is 0.500. The smallest absolute Gasteiger partial charge is 0.171 e. The summed E-state index contributed by atoms with van der Waals surface area (Å²) in [5.74, 6) is 0. The predicted molar refractivity (Wildman–Crippen MR) is 52.6 cm³/mol. The Hall–Kier alpha value is -0.940. The molecule has 1 aromatic heterocycles. The Balaban J connectivity index is 0.000000292. The molecule has 0 aliphatic rings. The van der Waals surface area contributed by atoms with E-state index in [0.29, 0.717) is 6.26 Å². The van der Waals surface area contributed by atoms with Gasteiger partial charge in [-0.05, 0) is 12.5 Å². The molecular formula is C9H15NO3S. The van der Waals surface area contributed by atoms with E-state index in [-0.39, 0.29) is 0 Å². The molecule has 0 saturated heterocycles. The van der Waals surface area contributed by atoms with Crippen molar-refractivity contribution in [1.82, 2.24) is 0 Å². The Kier molecular flexibility index (Phi) is 5.34. The van der Waals surface area contributed by atoms with Crippen molar-refractivity contribution in [1.29, 1.82) is 0 Å². The molecular weight excluding hydrogens is 202 g/mol. The highest BCUT2D eigenvalue weighted by atomic mass is 32.2. The average molecular weight is 217 g/mol. The molecule has 0 aliphatic heterocycles. The Labute approximate surface area is 85.0 Å². The molecule has 0 aromatic carbocycles. The fourth-order valence-electron chi connectivity index (χ4n) is 0.859. The zero-order valence-electron chi connectivity index (χ0n) is 8.60. The highest BCUT2D eigenvalue weighted by Gasteiger charge is 1.91. The van der Waals surface area contributed by atoms with Crippen molar-refractivity contribution >= 4 is 10.1 Å². The zero-order valence-corrected chi connectivity index (χ0v) is 9.41. The van der Waals surface area contributed by atoms with Crippen molar-refractivity contribution in [2.75, 3.05) is 6.26 Å². The van der Waals surface area contributed by atoms with E-state index in [2.05, 4.69) is 29.8 Å². The molecule has 0 fully saturated rings. The fourth-order valence-corrected chi connectivity index (χ4v) is 0.859. The third kappa shape index (κ3) is 9.15. The van der Waals surface area contributed by atoms with Gasteiger partial charge in [-0.25, -0.2) is 13.0 Å². The molecule has 1 heterocycles. The zero-order chi connectivity index (χ0) is 11.2. The molecule has 1 rings (SSSR count). The van der Waals surface area contributed by atoms with Crippen molar-refractivity contribution < 1.29 is 17.5 Å². The number of aromatic nitrogens is 1. The van der Waals surface area contributed by atoms with Crippen molar-refractivity contribution in [3.8, 4) is 0 Å². The van der Waals surface area contributed by atoms with Gasteiger partial charge in [0.1, 0.15) is 7.05 Å². The first kappa shape index (κ1) is 13.1. The van der Waals surface area contributed by atoms with Gasteiger partial charge in [-0.15, -0.1) is 0 Å². The van der Waals surface area contributed by atoms with Gasteiger partial charge in [-0.3, -0.25) is 0 Å². The Morgan fingerprint density at radius 3 is 2.29 bits per heavy atom. The highest BCUT2D eigenvalue weighted by molar-refractivity contribution is 7.84. The number of hydrogen-bond acceptors (Lipinski definition) is 3. The minimum Gasteiger partial charge on any atom is -0.748 e. The summed E-state index contributed by atoms with van der Waals surface area (Å²) in [6, 6.07) is 4.21. The van der Waals surface area contributed by atoms with Crippen LogP contribution >= 0.6 is 0 Å². The third-order valence-corrected chi connectivity index (χ3v) is 1.41. The summed E-state index contributed by atoms with van der Waals surface area (Å²) in [5.41, 5.74) is 1.39. The van der Waals surface area contributed by atoms with Crippen molar-refractivity contribution in [3.05, 3.63) is 30.1 Å². The van der Waals surface area contributed by atoms with Crippen LogP contribution in [0.5, 0.6) is 0 Å². The SMILES string of the molecule is CCc1ccc[n+](C)c1.CS(=O)(=O)[O-]. The van der Waals surface area contributed by atoms with Crippen LogP contribution < -0.4 is 4.57 Å². The maximum Gasteiger partial charge on any atom is 0.171 e. The van der Waals surface area contributed by atoms with Crippen molar-refractivity contribution in [2.24, 2.45) is 7.05 Å². The molecule has 1 aromatic rings. The first-order chi connectivity index (χ1) is 6.33. The van der Waals surface area contributed by atoms with Gasteiger partial charge in [-0.1, -0.05) is 6.92 Å². The van der Waals surface area contributed by atoms with Crippen LogP contribution in [0.3, 0.4) is 0 Å². The van der Waals surface area contributed by atoms with E-state index in [1.54, 1.807) is 0 Å². The number of aryl methyl sites for hydroxylation is 2. The lowest BCUT2D eigenvalue weighted by Gasteiger charge is -1.90. The van der Waals surface area contributed by atoms with E-state index in [9.17, 15) is 0 Å². The van der Waals surface area contributed by atoms with Crippen LogP contribution in [0.2, 0.25) is 0 Å². The van der Waals surface area contributed by atoms with E-state index in [1.165, 1.54) is 5.56 Å². The minimum absolute atomic E-state index is 0.604. The summed E-state index contributed by atoms with van der Waals surface area (Å²) < 4.78 is 29.3. The summed E-state index contributed by atoms with van der Waals surface area (Å²) in [6.45, 7) is 2.16. The van der Waals surface area contributed by atoms with Crippen LogP contribution in [0.15, 0.2) is 24.5 Å². The van der Waals surface area contributed by atoms with Gasteiger partial charge in [-0.2, -0.15) is 0 Å². The van der Waals surface area contributed by atoms with Crippen molar-refractivity contribution in [3.63, 3.8) is 0 Å². The van der Waals surface area contributed by atoms with Crippen LogP contribution in [0.1, 0.15) is 12.5 Å². The summed E-state index contributed by atoms with van der Waals surface area (Å²) in [4.78, 5) is 0. The van der Waals surface area contributed by atoms with E-state index in [0.717, 1.165) is 6.42 Å². The minimum atomic E-state index is -3.92. The van der Waals surface area contributed by atoms with E-state index >= 15 is 0 Å². The first-order valence-electron chi connectivity index (χ1n) is 4.18. The Morgan fingerprint density at radius 1 is 1.50 bits per heavy atom. The standard InChI is InChI=1S/C8H12N.CH4O3S/c1-3-8-5-4-6-9(2)7-8;1-5(2,3)4/h4-7H,3H2,1-2H3;1H3,(H,2,3,4)/q+1;/p-1. The van der Waals surface area contributed by atoms with Gasteiger partial charge >= 0.3 is 0 Å². The maximum atomic E-state index is 9.08. The normalized spacial score (nSPS) is 10.3. The van der Waals surface area contributed by atoms with Gasteiger partial charge in [0.25, 0.3) is 0 Å². The fraction of sp³-hybridized carbons (Fsp3) is 0.444. The molecule has 0 saturated carbocycles. The van der Waals surface area contributed by atoms with E-state index < -0.39 is 10.1 Å². The number of rotatable bonds is 1. The van der Waals surface area contributed by atoms with Crippen LogP contribution in [0, 0.1) is 0 Å². The Morgan fingerprint density at radius 2 is 2.00 bits per heavy atom. The third-order valence-electron chi connectivity index (χ3n) is 1.41. The summed E-state index contributed by atoms with van der Waals surface area (Å²) >= 11 is 0. The van der Waals surface area contributed by atoms with Crippen LogP contribution in [-0.4, -0.2) is 19.2 Å². The molecule has 80 valence electrons.